The number of rotatable bonds is 8. The van der Waals surface area contributed by atoms with Gasteiger partial charge in [-0.1, -0.05) is 18.2 Å². The van der Waals surface area contributed by atoms with E-state index in [9.17, 15) is 15.0 Å². The molecule has 0 saturated heterocycles. The molecule has 0 aliphatic heterocycles. The van der Waals surface area contributed by atoms with Crippen molar-refractivity contribution < 1.29 is 14.9 Å². The lowest BCUT2D eigenvalue weighted by Gasteiger charge is -2.13. The number of fused-ring (bicyclic) bond motifs is 1. The second-order valence-corrected chi connectivity index (χ2v) is 5.84. The van der Waals surface area contributed by atoms with E-state index in [0.29, 0.717) is 29.9 Å². The molecule has 0 radical (unpaired) electrons. The fraction of sp³-hybridized carbons (Fsp3) is 0.278. The van der Waals surface area contributed by atoms with Crippen LogP contribution in [0.25, 0.3) is 11.0 Å². The second-order valence-electron chi connectivity index (χ2n) is 5.84. The van der Waals surface area contributed by atoms with Crippen molar-refractivity contribution in [2.75, 3.05) is 19.7 Å². The van der Waals surface area contributed by atoms with Gasteiger partial charge in [-0.15, -0.1) is 0 Å². The second kappa shape index (κ2) is 7.87. The summed E-state index contributed by atoms with van der Waals surface area (Å²) in [5.41, 5.74) is 2.09. The molecule has 7 heteroatoms. The molecule has 1 heterocycles. The van der Waals surface area contributed by atoms with Gasteiger partial charge in [0, 0.05) is 6.54 Å². The summed E-state index contributed by atoms with van der Waals surface area (Å²) in [7, 11) is 0. The molecule has 0 aliphatic rings. The summed E-state index contributed by atoms with van der Waals surface area (Å²) >= 11 is 0. The molecule has 5 N–H and O–H groups in total. The first-order chi connectivity index (χ1) is 12.1. The Bertz CT molecular complexity index is 870. The highest BCUT2D eigenvalue weighted by Crippen LogP contribution is 2.20. The van der Waals surface area contributed by atoms with Gasteiger partial charge in [-0.3, -0.25) is 0 Å². The van der Waals surface area contributed by atoms with Crippen LogP contribution in [0.3, 0.4) is 0 Å². The third kappa shape index (κ3) is 4.62. The van der Waals surface area contributed by atoms with Crippen LogP contribution in [0.2, 0.25) is 0 Å². The number of aromatic hydroxyl groups is 1. The lowest BCUT2D eigenvalue weighted by Crippen LogP contribution is -2.32. The highest BCUT2D eigenvalue weighted by Gasteiger charge is 2.09. The number of H-pyrrole nitrogens is 2. The minimum atomic E-state index is -0.666. The van der Waals surface area contributed by atoms with Crippen LogP contribution in [-0.4, -0.2) is 46.0 Å². The third-order valence-electron chi connectivity index (χ3n) is 3.85. The number of aromatic amines is 2. The Labute approximate surface area is 144 Å². The molecular weight excluding hydrogens is 322 g/mol. The summed E-state index contributed by atoms with van der Waals surface area (Å²) < 4.78 is 5.61. The summed E-state index contributed by atoms with van der Waals surface area (Å²) in [5, 5.41) is 22.4. The first-order valence-corrected chi connectivity index (χ1v) is 8.12. The predicted molar refractivity (Wildman–Crippen MR) is 95.1 cm³/mol. The lowest BCUT2D eigenvalue weighted by atomic mass is 10.1. The van der Waals surface area contributed by atoms with Crippen molar-refractivity contribution in [2.45, 2.75) is 12.5 Å². The number of para-hydroxylation sites is 1. The Hall–Kier alpha value is -2.77. The van der Waals surface area contributed by atoms with Crippen LogP contribution in [-0.2, 0) is 6.42 Å². The van der Waals surface area contributed by atoms with Crippen LogP contribution in [0.4, 0.5) is 0 Å². The molecule has 0 fully saturated rings. The average Bonchev–Trinajstić information content (AvgIpc) is 2.99. The van der Waals surface area contributed by atoms with Crippen molar-refractivity contribution in [2.24, 2.45) is 0 Å². The minimum absolute atomic E-state index is 0.124. The number of aliphatic hydroxyl groups is 1. The molecular formula is C18H21N3O4. The number of phenols is 1. The molecule has 0 spiro atoms. The summed E-state index contributed by atoms with van der Waals surface area (Å²) in [6.45, 7) is 1.23. The normalized spacial score (nSPS) is 12.4. The van der Waals surface area contributed by atoms with Gasteiger partial charge in [-0.2, -0.15) is 0 Å². The number of nitrogens with one attached hydrogen (secondary N) is 3. The van der Waals surface area contributed by atoms with Crippen LogP contribution >= 0.6 is 0 Å². The number of imidazole rings is 1. The van der Waals surface area contributed by atoms with Crippen molar-refractivity contribution in [3.05, 3.63) is 58.5 Å². The average molecular weight is 343 g/mol. The number of aromatic nitrogens is 2. The zero-order chi connectivity index (χ0) is 17.6. The summed E-state index contributed by atoms with van der Waals surface area (Å²) in [5.74, 6) is 0.780. The largest absolute Gasteiger partial charge is 0.508 e. The number of benzene rings is 2. The van der Waals surface area contributed by atoms with Crippen molar-refractivity contribution in [3.63, 3.8) is 0 Å². The molecule has 1 atom stereocenters. The molecule has 0 bridgehead atoms. The molecule has 0 saturated carbocycles. The first-order valence-electron chi connectivity index (χ1n) is 8.12. The molecule has 0 amide bonds. The number of aliphatic hydroxyl groups excluding tert-OH is 1. The minimum Gasteiger partial charge on any atom is -0.508 e. The quantitative estimate of drug-likeness (QED) is 0.394. The zero-order valence-corrected chi connectivity index (χ0v) is 13.7. The van der Waals surface area contributed by atoms with Crippen LogP contribution in [0.15, 0.2) is 47.3 Å². The Morgan fingerprint density at radius 3 is 2.72 bits per heavy atom. The van der Waals surface area contributed by atoms with Gasteiger partial charge in [-0.05, 0) is 42.8 Å². The van der Waals surface area contributed by atoms with Crippen molar-refractivity contribution >= 4 is 11.0 Å². The highest BCUT2D eigenvalue weighted by atomic mass is 16.5. The van der Waals surface area contributed by atoms with E-state index < -0.39 is 6.10 Å². The summed E-state index contributed by atoms with van der Waals surface area (Å²) in [6, 6.07) is 12.4. The standard InChI is InChI=1S/C18H21N3O4/c22-13-6-4-12(5-7-13)8-9-19-10-14(23)11-25-16-3-1-2-15-17(16)21-18(24)20-15/h1-7,14,19,22-23H,8-11H2,(H2,20,21,24). The van der Waals surface area contributed by atoms with Gasteiger partial charge in [0.2, 0.25) is 0 Å². The molecule has 1 unspecified atom stereocenters. The van der Waals surface area contributed by atoms with Gasteiger partial charge in [0.25, 0.3) is 0 Å². The maximum absolute atomic E-state index is 11.3. The molecule has 2 aromatic carbocycles. The third-order valence-corrected chi connectivity index (χ3v) is 3.85. The molecule has 0 aliphatic carbocycles. The number of hydrogen-bond donors (Lipinski definition) is 5. The Morgan fingerprint density at radius 2 is 1.92 bits per heavy atom. The van der Waals surface area contributed by atoms with Gasteiger partial charge in [-0.25, -0.2) is 4.79 Å². The highest BCUT2D eigenvalue weighted by molar-refractivity contribution is 5.80. The van der Waals surface area contributed by atoms with Crippen molar-refractivity contribution in [1.29, 1.82) is 0 Å². The summed E-state index contributed by atoms with van der Waals surface area (Å²) in [6.07, 6.45) is 0.137. The van der Waals surface area contributed by atoms with Gasteiger partial charge in [0.15, 0.2) is 0 Å². The van der Waals surface area contributed by atoms with Crippen LogP contribution in [0.1, 0.15) is 5.56 Å². The van der Waals surface area contributed by atoms with E-state index in [1.807, 2.05) is 12.1 Å². The number of ether oxygens (including phenoxy) is 1. The zero-order valence-electron chi connectivity index (χ0n) is 13.7. The molecule has 25 heavy (non-hydrogen) atoms. The van der Waals surface area contributed by atoms with Gasteiger partial charge >= 0.3 is 5.69 Å². The number of phenolic OH excluding ortho intramolecular Hbond substituents is 1. The van der Waals surface area contributed by atoms with Crippen molar-refractivity contribution in [1.82, 2.24) is 15.3 Å². The maximum atomic E-state index is 11.3. The Kier molecular flexibility index (Phi) is 5.37. The van der Waals surface area contributed by atoms with E-state index in [4.69, 9.17) is 4.74 Å². The Balaban J connectivity index is 1.42. The Morgan fingerprint density at radius 1 is 1.12 bits per heavy atom. The van der Waals surface area contributed by atoms with Crippen LogP contribution in [0.5, 0.6) is 11.5 Å². The van der Waals surface area contributed by atoms with Crippen LogP contribution in [0, 0.1) is 0 Å². The predicted octanol–water partition coefficient (Wildman–Crippen LogP) is 1.13. The SMILES string of the molecule is O=c1[nH]c2cccc(OCC(O)CNCCc3ccc(O)cc3)c2[nH]1. The first kappa shape index (κ1) is 17.1. The van der Waals surface area contributed by atoms with Gasteiger partial charge < -0.3 is 30.2 Å². The van der Waals surface area contributed by atoms with Crippen molar-refractivity contribution in [3.8, 4) is 11.5 Å². The van der Waals surface area contributed by atoms with E-state index in [2.05, 4.69) is 15.3 Å². The maximum Gasteiger partial charge on any atom is 0.323 e. The fourth-order valence-electron chi connectivity index (χ4n) is 2.56. The molecule has 3 aromatic rings. The lowest BCUT2D eigenvalue weighted by molar-refractivity contribution is 0.107. The van der Waals surface area contributed by atoms with E-state index >= 15 is 0 Å². The van der Waals surface area contributed by atoms with Crippen LogP contribution < -0.4 is 15.7 Å². The van der Waals surface area contributed by atoms with E-state index in [1.54, 1.807) is 30.3 Å². The van der Waals surface area contributed by atoms with E-state index in [1.165, 1.54) is 0 Å². The van der Waals surface area contributed by atoms with E-state index in [-0.39, 0.29) is 18.0 Å². The molecule has 3 rings (SSSR count). The summed E-state index contributed by atoms with van der Waals surface area (Å²) in [4.78, 5) is 16.7. The fourth-order valence-corrected chi connectivity index (χ4v) is 2.56. The molecule has 132 valence electrons. The van der Waals surface area contributed by atoms with Gasteiger partial charge in [0.05, 0.1) is 5.52 Å². The smallest absolute Gasteiger partial charge is 0.323 e. The molecule has 7 nitrogen and oxygen atoms in total. The monoisotopic (exact) mass is 343 g/mol. The number of hydrogen-bond acceptors (Lipinski definition) is 5. The van der Waals surface area contributed by atoms with Gasteiger partial charge in [0.1, 0.15) is 29.7 Å². The topological polar surface area (TPSA) is 110 Å². The molecule has 1 aromatic heterocycles. The van der Waals surface area contributed by atoms with E-state index in [0.717, 1.165) is 12.0 Å².